The number of pyridine rings is 1. The number of fused-ring (bicyclic) bond motifs is 1. The third-order valence-corrected chi connectivity index (χ3v) is 4.81. The molecular formula is C16H19BrN2O. The standard InChI is InChI=1S/C16H19BrN2O/c1-11-8-9-19(10-14(11)20-2)15-7-6-12-4-3-5-13(17)16(12)18-15/h3-7,11,14H,8-10H2,1-2H3. The van der Waals surface area contributed by atoms with Crippen LogP contribution in [0.4, 0.5) is 5.82 Å². The van der Waals surface area contributed by atoms with E-state index in [1.54, 1.807) is 7.11 Å². The number of piperidine rings is 1. The lowest BCUT2D eigenvalue weighted by Crippen LogP contribution is -2.44. The molecule has 2 unspecified atom stereocenters. The maximum Gasteiger partial charge on any atom is 0.129 e. The topological polar surface area (TPSA) is 25.4 Å². The molecule has 1 fully saturated rings. The molecule has 2 aromatic rings. The van der Waals surface area contributed by atoms with Gasteiger partial charge < -0.3 is 9.64 Å². The smallest absolute Gasteiger partial charge is 0.129 e. The molecule has 106 valence electrons. The molecule has 20 heavy (non-hydrogen) atoms. The first-order valence-electron chi connectivity index (χ1n) is 7.02. The second-order valence-electron chi connectivity index (χ2n) is 5.47. The van der Waals surface area contributed by atoms with Crippen LogP contribution in [0.1, 0.15) is 13.3 Å². The number of hydrogen-bond donors (Lipinski definition) is 0. The van der Waals surface area contributed by atoms with Crippen LogP contribution < -0.4 is 4.90 Å². The third kappa shape index (κ3) is 2.54. The SMILES string of the molecule is COC1CN(c2ccc3cccc(Br)c3n2)CCC1C. The van der Waals surface area contributed by atoms with Crippen LogP contribution in [-0.4, -0.2) is 31.3 Å². The number of anilines is 1. The lowest BCUT2D eigenvalue weighted by molar-refractivity contribution is 0.0496. The summed E-state index contributed by atoms with van der Waals surface area (Å²) in [6.07, 6.45) is 1.44. The van der Waals surface area contributed by atoms with Crippen LogP contribution >= 0.6 is 15.9 Å². The van der Waals surface area contributed by atoms with Gasteiger partial charge in [0.2, 0.25) is 0 Å². The first-order valence-corrected chi connectivity index (χ1v) is 7.81. The van der Waals surface area contributed by atoms with E-state index < -0.39 is 0 Å². The minimum atomic E-state index is 0.292. The highest BCUT2D eigenvalue weighted by atomic mass is 79.9. The van der Waals surface area contributed by atoms with Gasteiger partial charge in [-0.05, 0) is 46.5 Å². The Hall–Kier alpha value is -1.13. The van der Waals surface area contributed by atoms with Crippen molar-refractivity contribution in [3.05, 3.63) is 34.8 Å². The van der Waals surface area contributed by atoms with E-state index in [9.17, 15) is 0 Å². The first kappa shape index (κ1) is 13.8. The Kier molecular flexibility index (Phi) is 3.94. The van der Waals surface area contributed by atoms with Crippen LogP contribution in [-0.2, 0) is 4.74 Å². The van der Waals surface area contributed by atoms with Crippen LogP contribution in [0, 0.1) is 5.92 Å². The zero-order chi connectivity index (χ0) is 14.1. The van der Waals surface area contributed by atoms with Gasteiger partial charge in [0.15, 0.2) is 0 Å². The number of methoxy groups -OCH3 is 1. The van der Waals surface area contributed by atoms with Crippen molar-refractivity contribution < 1.29 is 4.74 Å². The summed E-state index contributed by atoms with van der Waals surface area (Å²) in [6, 6.07) is 10.4. The molecule has 0 bridgehead atoms. The molecule has 2 heterocycles. The van der Waals surface area contributed by atoms with Crippen LogP contribution in [0.3, 0.4) is 0 Å². The van der Waals surface area contributed by atoms with E-state index in [1.165, 1.54) is 0 Å². The molecule has 0 radical (unpaired) electrons. The molecule has 0 saturated carbocycles. The molecule has 1 aliphatic heterocycles. The lowest BCUT2D eigenvalue weighted by atomic mass is 9.96. The molecule has 2 atom stereocenters. The van der Waals surface area contributed by atoms with Crippen molar-refractivity contribution in [1.82, 2.24) is 4.98 Å². The highest BCUT2D eigenvalue weighted by Gasteiger charge is 2.26. The molecular weight excluding hydrogens is 316 g/mol. The molecule has 1 aliphatic rings. The molecule has 4 heteroatoms. The Morgan fingerprint density at radius 1 is 1.30 bits per heavy atom. The normalized spacial score (nSPS) is 23.2. The van der Waals surface area contributed by atoms with E-state index in [1.807, 2.05) is 12.1 Å². The monoisotopic (exact) mass is 334 g/mol. The van der Waals surface area contributed by atoms with E-state index in [0.717, 1.165) is 40.7 Å². The van der Waals surface area contributed by atoms with Crippen molar-refractivity contribution in [3.8, 4) is 0 Å². The largest absolute Gasteiger partial charge is 0.379 e. The molecule has 1 aromatic heterocycles. The summed E-state index contributed by atoms with van der Waals surface area (Å²) in [5.41, 5.74) is 1.03. The fourth-order valence-corrected chi connectivity index (χ4v) is 3.30. The average Bonchev–Trinajstić information content (AvgIpc) is 2.48. The Balaban J connectivity index is 1.92. The molecule has 1 aromatic carbocycles. The second kappa shape index (κ2) is 5.70. The van der Waals surface area contributed by atoms with E-state index in [0.29, 0.717) is 12.0 Å². The number of ether oxygens (including phenoxy) is 1. The molecule has 0 spiro atoms. The van der Waals surface area contributed by atoms with Crippen molar-refractivity contribution in [2.45, 2.75) is 19.4 Å². The minimum absolute atomic E-state index is 0.292. The third-order valence-electron chi connectivity index (χ3n) is 4.17. The number of nitrogens with zero attached hydrogens (tertiary/aromatic N) is 2. The highest BCUT2D eigenvalue weighted by molar-refractivity contribution is 9.10. The van der Waals surface area contributed by atoms with Gasteiger partial charge in [0.25, 0.3) is 0 Å². The second-order valence-corrected chi connectivity index (χ2v) is 6.32. The Morgan fingerprint density at radius 2 is 2.15 bits per heavy atom. The maximum absolute atomic E-state index is 5.59. The summed E-state index contributed by atoms with van der Waals surface area (Å²) in [5.74, 6) is 1.65. The summed E-state index contributed by atoms with van der Waals surface area (Å²) < 4.78 is 6.63. The summed E-state index contributed by atoms with van der Waals surface area (Å²) in [5, 5.41) is 1.16. The zero-order valence-corrected chi connectivity index (χ0v) is 13.4. The molecule has 3 nitrogen and oxygen atoms in total. The fourth-order valence-electron chi connectivity index (χ4n) is 2.83. The van der Waals surface area contributed by atoms with Gasteiger partial charge in [-0.1, -0.05) is 19.1 Å². The van der Waals surface area contributed by atoms with Crippen LogP contribution in [0.5, 0.6) is 0 Å². The summed E-state index contributed by atoms with van der Waals surface area (Å²) in [6.45, 7) is 4.22. The van der Waals surface area contributed by atoms with E-state index >= 15 is 0 Å². The Labute approximate surface area is 128 Å². The van der Waals surface area contributed by atoms with E-state index in [-0.39, 0.29) is 0 Å². The molecule has 0 N–H and O–H groups in total. The number of aromatic nitrogens is 1. The van der Waals surface area contributed by atoms with Crippen molar-refractivity contribution >= 4 is 32.7 Å². The van der Waals surface area contributed by atoms with E-state index in [4.69, 9.17) is 9.72 Å². The van der Waals surface area contributed by atoms with Gasteiger partial charge in [-0.2, -0.15) is 0 Å². The van der Waals surface area contributed by atoms with Crippen LogP contribution in [0.25, 0.3) is 10.9 Å². The molecule has 0 amide bonds. The lowest BCUT2D eigenvalue weighted by Gasteiger charge is -2.37. The summed E-state index contributed by atoms with van der Waals surface area (Å²) in [7, 11) is 1.80. The average molecular weight is 335 g/mol. The predicted molar refractivity (Wildman–Crippen MR) is 86.2 cm³/mol. The number of benzene rings is 1. The van der Waals surface area contributed by atoms with Crippen molar-refractivity contribution in [3.63, 3.8) is 0 Å². The van der Waals surface area contributed by atoms with Gasteiger partial charge in [0, 0.05) is 30.1 Å². The molecule has 3 rings (SSSR count). The van der Waals surface area contributed by atoms with Crippen molar-refractivity contribution in [2.24, 2.45) is 5.92 Å². The van der Waals surface area contributed by atoms with Gasteiger partial charge in [-0.25, -0.2) is 4.98 Å². The number of rotatable bonds is 2. The quantitative estimate of drug-likeness (QED) is 0.833. The molecule has 1 saturated heterocycles. The number of halogens is 1. The van der Waals surface area contributed by atoms with Gasteiger partial charge in [0.05, 0.1) is 11.6 Å². The summed E-state index contributed by atoms with van der Waals surface area (Å²) in [4.78, 5) is 7.14. The van der Waals surface area contributed by atoms with Crippen LogP contribution in [0.15, 0.2) is 34.8 Å². The molecule has 0 aliphatic carbocycles. The Bertz CT molecular complexity index is 616. The number of para-hydroxylation sites is 1. The van der Waals surface area contributed by atoms with Gasteiger partial charge in [-0.15, -0.1) is 0 Å². The number of hydrogen-bond acceptors (Lipinski definition) is 3. The fraction of sp³-hybridized carbons (Fsp3) is 0.438. The van der Waals surface area contributed by atoms with Gasteiger partial charge >= 0.3 is 0 Å². The van der Waals surface area contributed by atoms with Gasteiger partial charge in [-0.3, -0.25) is 0 Å². The van der Waals surface area contributed by atoms with Crippen LogP contribution in [0.2, 0.25) is 0 Å². The van der Waals surface area contributed by atoms with Crippen molar-refractivity contribution in [1.29, 1.82) is 0 Å². The van der Waals surface area contributed by atoms with E-state index in [2.05, 4.69) is 46.0 Å². The Morgan fingerprint density at radius 3 is 2.95 bits per heavy atom. The zero-order valence-electron chi connectivity index (χ0n) is 11.8. The first-order chi connectivity index (χ1) is 9.69. The maximum atomic E-state index is 5.59. The predicted octanol–water partition coefficient (Wildman–Crippen LogP) is 3.86. The van der Waals surface area contributed by atoms with Gasteiger partial charge in [0.1, 0.15) is 5.82 Å². The minimum Gasteiger partial charge on any atom is -0.379 e. The highest BCUT2D eigenvalue weighted by Crippen LogP contribution is 2.28. The van der Waals surface area contributed by atoms with Crippen molar-refractivity contribution in [2.75, 3.05) is 25.1 Å². The summed E-state index contributed by atoms with van der Waals surface area (Å²) >= 11 is 3.58.